The molecule has 2 aromatic carbocycles. The first-order chi connectivity index (χ1) is 16.9. The van der Waals surface area contributed by atoms with Gasteiger partial charge >= 0.3 is 0 Å². The van der Waals surface area contributed by atoms with Crippen molar-refractivity contribution in [1.82, 2.24) is 10.3 Å². The molecule has 0 amide bonds. The molecule has 3 heterocycles. The van der Waals surface area contributed by atoms with E-state index in [1.165, 1.54) is 0 Å². The normalized spacial score (nSPS) is 17.6. The van der Waals surface area contributed by atoms with E-state index in [9.17, 15) is 0 Å². The molecule has 178 valence electrons. The van der Waals surface area contributed by atoms with E-state index in [1.54, 1.807) is 12.3 Å². The van der Waals surface area contributed by atoms with Crippen LogP contribution in [0.25, 0.3) is 11.3 Å². The minimum Gasteiger partial charge on any atom is -0.491 e. The molecule has 0 spiro atoms. The number of hydrogen-bond donors (Lipinski definition) is 1. The summed E-state index contributed by atoms with van der Waals surface area (Å²) in [6.07, 6.45) is 1.87. The summed E-state index contributed by atoms with van der Waals surface area (Å²) in [6, 6.07) is 22.6. The number of nitrogens with one attached hydrogen (secondary N) is 1. The molecule has 8 heteroatoms. The Hall–Kier alpha value is -3.06. The third-order valence-corrected chi connectivity index (χ3v) is 6.85. The minimum atomic E-state index is -0.277. The summed E-state index contributed by atoms with van der Waals surface area (Å²) in [6.45, 7) is 4.00. The van der Waals surface area contributed by atoms with Crippen LogP contribution in [0, 0.1) is 0 Å². The molecular weight excluding hydrogens is 501 g/mol. The van der Waals surface area contributed by atoms with Gasteiger partial charge < -0.3 is 19.4 Å². The summed E-state index contributed by atoms with van der Waals surface area (Å²) in [5.74, 6) is 2.16. The van der Waals surface area contributed by atoms with Gasteiger partial charge in [-0.1, -0.05) is 35.3 Å². The first-order valence-electron chi connectivity index (χ1n) is 11.2. The molecule has 0 bridgehead atoms. The van der Waals surface area contributed by atoms with Gasteiger partial charge in [0.25, 0.3) is 0 Å². The molecule has 1 fully saturated rings. The second-order valence-corrected chi connectivity index (χ2v) is 9.63. The lowest BCUT2D eigenvalue weighted by Gasteiger charge is -2.26. The van der Waals surface area contributed by atoms with Crippen molar-refractivity contribution in [2.75, 3.05) is 4.90 Å². The van der Waals surface area contributed by atoms with Gasteiger partial charge in [-0.3, -0.25) is 4.98 Å². The highest BCUT2D eigenvalue weighted by atomic mass is 35.5. The summed E-state index contributed by atoms with van der Waals surface area (Å²) >= 11 is 18.5. The van der Waals surface area contributed by atoms with Gasteiger partial charge in [-0.25, -0.2) is 0 Å². The van der Waals surface area contributed by atoms with Crippen LogP contribution in [0.5, 0.6) is 5.75 Å². The number of benzene rings is 2. The molecule has 2 atom stereocenters. The Morgan fingerprint density at radius 1 is 1.00 bits per heavy atom. The topological polar surface area (TPSA) is 50.5 Å². The van der Waals surface area contributed by atoms with Crippen LogP contribution in [0.2, 0.25) is 10.0 Å². The molecule has 1 saturated heterocycles. The van der Waals surface area contributed by atoms with Crippen molar-refractivity contribution in [2.45, 2.75) is 32.0 Å². The highest BCUT2D eigenvalue weighted by Crippen LogP contribution is 2.44. The monoisotopic (exact) mass is 523 g/mol. The van der Waals surface area contributed by atoms with E-state index in [1.807, 2.05) is 80.6 Å². The van der Waals surface area contributed by atoms with Crippen LogP contribution in [0.15, 0.2) is 83.4 Å². The third kappa shape index (κ3) is 4.74. The molecule has 0 radical (unpaired) electrons. The van der Waals surface area contributed by atoms with E-state index < -0.39 is 0 Å². The maximum absolute atomic E-state index is 6.46. The van der Waals surface area contributed by atoms with Crippen LogP contribution >= 0.6 is 35.4 Å². The number of anilines is 1. The number of rotatable bonds is 6. The maximum Gasteiger partial charge on any atom is 0.174 e. The van der Waals surface area contributed by atoms with Crippen molar-refractivity contribution in [1.29, 1.82) is 0 Å². The van der Waals surface area contributed by atoms with Gasteiger partial charge in [0.15, 0.2) is 5.11 Å². The molecule has 0 unspecified atom stereocenters. The Morgan fingerprint density at radius 2 is 1.80 bits per heavy atom. The number of nitrogens with zero attached hydrogens (tertiary/aromatic N) is 2. The molecule has 1 N–H and O–H groups in total. The molecular formula is C27H23Cl2N3O2S. The van der Waals surface area contributed by atoms with Crippen LogP contribution in [0.3, 0.4) is 0 Å². The van der Waals surface area contributed by atoms with Crippen molar-refractivity contribution in [3.05, 3.63) is 100 Å². The lowest BCUT2D eigenvalue weighted by atomic mass is 10.0. The second kappa shape index (κ2) is 9.90. The fourth-order valence-corrected chi connectivity index (χ4v) is 4.97. The Kier molecular flexibility index (Phi) is 6.69. The zero-order chi connectivity index (χ0) is 24.5. The third-order valence-electron chi connectivity index (χ3n) is 5.72. The van der Waals surface area contributed by atoms with Crippen LogP contribution in [0.1, 0.15) is 37.4 Å². The van der Waals surface area contributed by atoms with Crippen LogP contribution in [0.4, 0.5) is 5.69 Å². The summed E-state index contributed by atoms with van der Waals surface area (Å²) < 4.78 is 12.2. The van der Waals surface area contributed by atoms with Crippen LogP contribution in [-0.2, 0) is 0 Å². The number of halogens is 2. The predicted molar refractivity (Wildman–Crippen MR) is 144 cm³/mol. The molecule has 4 aromatic rings. The SMILES string of the molecule is CC(C)Oc1ccc(N2C(=S)N[C@H](c3ccccn3)[C@@H]2c2ccc(-c3cccc(Cl)c3Cl)o2)cc1. The average Bonchev–Trinajstić information content (AvgIpc) is 3.46. The standard InChI is InChI=1S/C27H23Cl2N3O2S/c1-16(2)33-18-11-9-17(10-12-18)32-26(25(31-27(32)35)21-8-3-4-15-30-21)23-14-13-22(34-23)19-6-5-7-20(28)24(19)29/h3-16,25-26H,1-2H3,(H,31,35)/t25-,26+/m1/s1. The van der Waals surface area contributed by atoms with E-state index in [0.29, 0.717) is 20.9 Å². The smallest absolute Gasteiger partial charge is 0.174 e. The average molecular weight is 524 g/mol. The lowest BCUT2D eigenvalue weighted by molar-refractivity contribution is 0.242. The second-order valence-electron chi connectivity index (χ2n) is 8.46. The Bertz CT molecular complexity index is 1340. The van der Waals surface area contributed by atoms with E-state index in [2.05, 4.69) is 15.2 Å². The summed E-state index contributed by atoms with van der Waals surface area (Å²) in [5, 5.41) is 4.95. The number of ether oxygens (including phenoxy) is 1. The van der Waals surface area contributed by atoms with Gasteiger partial charge in [-0.05, 0) is 86.7 Å². The zero-order valence-electron chi connectivity index (χ0n) is 19.1. The number of hydrogen-bond acceptors (Lipinski definition) is 4. The lowest BCUT2D eigenvalue weighted by Crippen LogP contribution is -2.29. The van der Waals surface area contributed by atoms with E-state index in [4.69, 9.17) is 44.6 Å². The predicted octanol–water partition coefficient (Wildman–Crippen LogP) is 7.61. The van der Waals surface area contributed by atoms with Gasteiger partial charge in [0.2, 0.25) is 0 Å². The Labute approximate surface area is 219 Å². The highest BCUT2D eigenvalue weighted by Gasteiger charge is 2.42. The molecule has 0 aliphatic carbocycles. The minimum absolute atomic E-state index is 0.0940. The fourth-order valence-electron chi connectivity index (χ4n) is 4.23. The van der Waals surface area contributed by atoms with Gasteiger partial charge in [-0.15, -0.1) is 0 Å². The molecule has 1 aliphatic heterocycles. The molecule has 2 aromatic heterocycles. The molecule has 5 rings (SSSR count). The van der Waals surface area contributed by atoms with Crippen LogP contribution < -0.4 is 15.0 Å². The molecule has 1 aliphatic rings. The van der Waals surface area contributed by atoms with Gasteiger partial charge in [0.1, 0.15) is 23.3 Å². The van der Waals surface area contributed by atoms with Gasteiger partial charge in [-0.2, -0.15) is 0 Å². The quantitative estimate of drug-likeness (QED) is 0.262. The summed E-state index contributed by atoms with van der Waals surface area (Å²) in [5.41, 5.74) is 2.51. The van der Waals surface area contributed by atoms with E-state index in [0.717, 1.165) is 28.5 Å². The largest absolute Gasteiger partial charge is 0.491 e. The first kappa shape index (κ1) is 23.7. The van der Waals surface area contributed by atoms with E-state index in [-0.39, 0.29) is 18.2 Å². The van der Waals surface area contributed by atoms with E-state index >= 15 is 0 Å². The highest BCUT2D eigenvalue weighted by molar-refractivity contribution is 7.80. The number of furan rings is 1. The summed E-state index contributed by atoms with van der Waals surface area (Å²) in [4.78, 5) is 6.64. The zero-order valence-corrected chi connectivity index (χ0v) is 21.4. The fraction of sp³-hybridized carbons (Fsp3) is 0.185. The van der Waals surface area contributed by atoms with Crippen molar-refractivity contribution in [3.63, 3.8) is 0 Å². The maximum atomic E-state index is 6.46. The molecule has 35 heavy (non-hydrogen) atoms. The van der Waals surface area contributed by atoms with Crippen molar-refractivity contribution in [2.24, 2.45) is 0 Å². The molecule has 0 saturated carbocycles. The van der Waals surface area contributed by atoms with Crippen LogP contribution in [-0.4, -0.2) is 16.2 Å². The van der Waals surface area contributed by atoms with Crippen molar-refractivity contribution < 1.29 is 9.15 Å². The van der Waals surface area contributed by atoms with Crippen molar-refractivity contribution in [3.8, 4) is 17.1 Å². The first-order valence-corrected chi connectivity index (χ1v) is 12.4. The molecule has 5 nitrogen and oxygen atoms in total. The van der Waals surface area contributed by atoms with Gasteiger partial charge in [0, 0.05) is 17.4 Å². The summed E-state index contributed by atoms with van der Waals surface area (Å²) in [7, 11) is 0. The number of thiocarbonyl (C=S) groups is 1. The van der Waals surface area contributed by atoms with Crippen molar-refractivity contribution >= 4 is 46.2 Å². The number of pyridine rings is 1. The Balaban J connectivity index is 1.56. The Morgan fingerprint density at radius 3 is 2.51 bits per heavy atom. The number of aromatic nitrogens is 1. The van der Waals surface area contributed by atoms with Gasteiger partial charge in [0.05, 0.1) is 27.9 Å².